The van der Waals surface area contributed by atoms with Crippen molar-refractivity contribution in [2.24, 2.45) is 0 Å². The number of esters is 1. The summed E-state index contributed by atoms with van der Waals surface area (Å²) < 4.78 is 5.19. The van der Waals surface area contributed by atoms with E-state index in [1.807, 2.05) is 0 Å². The Kier molecular flexibility index (Phi) is 5.94. The lowest BCUT2D eigenvalue weighted by Crippen LogP contribution is -2.15. The Balaban J connectivity index is 1.67. The van der Waals surface area contributed by atoms with Crippen LogP contribution < -0.4 is 5.32 Å². The van der Waals surface area contributed by atoms with Crippen LogP contribution in [-0.2, 0) is 14.3 Å². The Morgan fingerprint density at radius 1 is 1.14 bits per heavy atom. The lowest BCUT2D eigenvalue weighted by Gasteiger charge is -2.09. The number of hydrogen-bond acceptors (Lipinski definition) is 6. The molecule has 0 bridgehead atoms. The fourth-order valence-electron chi connectivity index (χ4n) is 2.82. The summed E-state index contributed by atoms with van der Waals surface area (Å²) in [7, 11) is 0. The van der Waals surface area contributed by atoms with Crippen molar-refractivity contribution in [1.29, 1.82) is 0 Å². The van der Waals surface area contributed by atoms with Crippen LogP contribution in [0.25, 0.3) is 0 Å². The predicted octanol–water partition coefficient (Wildman–Crippen LogP) is 3.46. The summed E-state index contributed by atoms with van der Waals surface area (Å²) >= 11 is 1.25. The van der Waals surface area contributed by atoms with Crippen LogP contribution in [0.3, 0.4) is 0 Å². The van der Waals surface area contributed by atoms with Crippen LogP contribution in [0.4, 0.5) is 5.69 Å². The van der Waals surface area contributed by atoms with Gasteiger partial charge < -0.3 is 10.1 Å². The highest BCUT2D eigenvalue weighted by Crippen LogP contribution is 2.32. The van der Waals surface area contributed by atoms with Crippen molar-refractivity contribution in [3.63, 3.8) is 0 Å². The highest BCUT2D eigenvalue weighted by Gasteiger charge is 2.27. The van der Waals surface area contributed by atoms with E-state index < -0.39 is 12.6 Å². The minimum atomic E-state index is -0.619. The molecule has 0 spiro atoms. The van der Waals surface area contributed by atoms with E-state index in [1.165, 1.54) is 18.7 Å². The van der Waals surface area contributed by atoms with Crippen LogP contribution >= 0.6 is 11.8 Å². The van der Waals surface area contributed by atoms with Crippen LogP contribution in [0.5, 0.6) is 0 Å². The number of fused-ring (bicyclic) bond motifs is 1. The van der Waals surface area contributed by atoms with Crippen molar-refractivity contribution in [1.82, 2.24) is 0 Å². The first-order valence-corrected chi connectivity index (χ1v) is 9.71. The maximum atomic E-state index is 12.4. The minimum absolute atomic E-state index is 0.00200. The maximum Gasteiger partial charge on any atom is 0.339 e. The van der Waals surface area contributed by atoms with Crippen LogP contribution in [0.15, 0.2) is 47.4 Å². The van der Waals surface area contributed by atoms with Gasteiger partial charge in [0, 0.05) is 16.1 Å². The number of thioether (sulfide) groups is 1. The second-order valence-electron chi connectivity index (χ2n) is 6.50. The standard InChI is InChI=1S/C21H19NO5S/c1-12(23)11-28-19-6-4-3-5-15(19)21(26)27-10-18(24)14-7-8-17-16(9-14)13(2)20(25)22-17/h3-9,13H,10-11H2,1-2H3,(H,22,25)/t13-/m1/s1. The zero-order chi connectivity index (χ0) is 20.3. The summed E-state index contributed by atoms with van der Waals surface area (Å²) in [6, 6.07) is 11.7. The van der Waals surface area contributed by atoms with Gasteiger partial charge in [0.1, 0.15) is 5.78 Å². The van der Waals surface area contributed by atoms with Crippen molar-refractivity contribution in [3.05, 3.63) is 59.2 Å². The van der Waals surface area contributed by atoms with Crippen LogP contribution in [0.2, 0.25) is 0 Å². The number of carbonyl (C=O) groups excluding carboxylic acids is 4. The molecule has 1 N–H and O–H groups in total. The summed E-state index contributed by atoms with van der Waals surface area (Å²) in [5.41, 5.74) is 2.16. The number of anilines is 1. The van der Waals surface area contributed by atoms with Gasteiger partial charge in [0.2, 0.25) is 5.91 Å². The Morgan fingerprint density at radius 2 is 1.89 bits per heavy atom. The Morgan fingerprint density at radius 3 is 2.64 bits per heavy atom. The Hall–Kier alpha value is -2.93. The Labute approximate surface area is 166 Å². The molecule has 0 aromatic heterocycles. The van der Waals surface area contributed by atoms with Gasteiger partial charge in [-0.05, 0) is 49.7 Å². The molecule has 2 aromatic rings. The van der Waals surface area contributed by atoms with Gasteiger partial charge in [-0.15, -0.1) is 11.8 Å². The monoisotopic (exact) mass is 397 g/mol. The molecule has 0 saturated carbocycles. The van der Waals surface area contributed by atoms with E-state index in [0.717, 1.165) is 5.56 Å². The summed E-state index contributed by atoms with van der Waals surface area (Å²) in [4.78, 5) is 48.4. The predicted molar refractivity (Wildman–Crippen MR) is 106 cm³/mol. The number of amides is 1. The van der Waals surface area contributed by atoms with E-state index in [2.05, 4.69) is 5.32 Å². The number of Topliss-reactive ketones (excluding diaryl/α,β-unsaturated/α-hetero) is 2. The molecule has 1 atom stereocenters. The van der Waals surface area contributed by atoms with E-state index >= 15 is 0 Å². The average Bonchev–Trinajstić information content (AvgIpc) is 2.97. The third-order valence-corrected chi connectivity index (χ3v) is 5.58. The summed E-state index contributed by atoms with van der Waals surface area (Å²) in [6.45, 7) is 2.84. The maximum absolute atomic E-state index is 12.4. The number of carbonyl (C=O) groups is 4. The van der Waals surface area contributed by atoms with Crippen LogP contribution in [0.1, 0.15) is 46.0 Å². The topological polar surface area (TPSA) is 89.5 Å². The second-order valence-corrected chi connectivity index (χ2v) is 7.52. The molecular formula is C21H19NO5S. The number of nitrogens with one attached hydrogen (secondary N) is 1. The molecular weight excluding hydrogens is 378 g/mol. The molecule has 144 valence electrons. The average molecular weight is 397 g/mol. The summed E-state index contributed by atoms with van der Waals surface area (Å²) in [5, 5.41) is 2.75. The second kappa shape index (κ2) is 8.39. The molecule has 0 fully saturated rings. The highest BCUT2D eigenvalue weighted by atomic mass is 32.2. The SMILES string of the molecule is CC(=O)CSc1ccccc1C(=O)OCC(=O)c1ccc2c(c1)[C@@H](C)C(=O)N2. The first-order valence-electron chi connectivity index (χ1n) is 8.73. The van der Waals surface area contributed by atoms with Crippen LogP contribution in [0, 0.1) is 0 Å². The molecule has 6 nitrogen and oxygen atoms in total. The minimum Gasteiger partial charge on any atom is -0.454 e. The van der Waals surface area contributed by atoms with Gasteiger partial charge in [0.05, 0.1) is 17.2 Å². The zero-order valence-electron chi connectivity index (χ0n) is 15.5. The number of ketones is 2. The molecule has 0 aliphatic carbocycles. The largest absolute Gasteiger partial charge is 0.454 e. The number of benzene rings is 2. The molecule has 1 amide bonds. The molecule has 1 aliphatic heterocycles. The van der Waals surface area contributed by atoms with Gasteiger partial charge >= 0.3 is 5.97 Å². The molecule has 7 heteroatoms. The van der Waals surface area contributed by atoms with Crippen molar-refractivity contribution < 1.29 is 23.9 Å². The van der Waals surface area contributed by atoms with Crippen molar-refractivity contribution in [2.45, 2.75) is 24.7 Å². The lowest BCUT2D eigenvalue weighted by molar-refractivity contribution is -0.116. The van der Waals surface area contributed by atoms with E-state index in [1.54, 1.807) is 49.4 Å². The molecule has 0 radical (unpaired) electrons. The van der Waals surface area contributed by atoms with Gasteiger partial charge in [-0.1, -0.05) is 12.1 Å². The van der Waals surface area contributed by atoms with Gasteiger partial charge in [-0.25, -0.2) is 4.79 Å². The summed E-state index contributed by atoms with van der Waals surface area (Å²) in [5.74, 6) is -1.14. The quantitative estimate of drug-likeness (QED) is 0.437. The van der Waals surface area contributed by atoms with E-state index in [-0.39, 0.29) is 29.1 Å². The van der Waals surface area contributed by atoms with Gasteiger partial charge in [-0.3, -0.25) is 14.4 Å². The van der Waals surface area contributed by atoms with Crippen molar-refractivity contribution >= 4 is 40.9 Å². The molecule has 3 rings (SSSR count). The third kappa shape index (κ3) is 4.31. The molecule has 0 unspecified atom stereocenters. The normalized spacial score (nSPS) is 14.9. The van der Waals surface area contributed by atoms with E-state index in [0.29, 0.717) is 21.7 Å². The van der Waals surface area contributed by atoms with Gasteiger partial charge in [0.25, 0.3) is 0 Å². The smallest absolute Gasteiger partial charge is 0.339 e. The number of hydrogen-bond donors (Lipinski definition) is 1. The first kappa shape index (κ1) is 19.8. The highest BCUT2D eigenvalue weighted by molar-refractivity contribution is 8.00. The summed E-state index contributed by atoms with van der Waals surface area (Å²) in [6.07, 6.45) is 0. The molecule has 1 aliphatic rings. The van der Waals surface area contributed by atoms with Gasteiger partial charge in [-0.2, -0.15) is 0 Å². The fourth-order valence-corrected chi connectivity index (χ4v) is 3.66. The van der Waals surface area contributed by atoms with Crippen LogP contribution in [-0.4, -0.2) is 35.8 Å². The third-order valence-electron chi connectivity index (χ3n) is 4.36. The van der Waals surface area contributed by atoms with Crippen molar-refractivity contribution in [3.8, 4) is 0 Å². The zero-order valence-corrected chi connectivity index (χ0v) is 16.3. The number of ether oxygens (including phenoxy) is 1. The first-order chi connectivity index (χ1) is 13.4. The lowest BCUT2D eigenvalue weighted by atomic mass is 9.99. The van der Waals surface area contributed by atoms with E-state index in [9.17, 15) is 19.2 Å². The fraction of sp³-hybridized carbons (Fsp3) is 0.238. The van der Waals surface area contributed by atoms with Gasteiger partial charge in [0.15, 0.2) is 12.4 Å². The molecule has 0 saturated heterocycles. The van der Waals surface area contributed by atoms with Crippen molar-refractivity contribution in [2.75, 3.05) is 17.7 Å². The van der Waals surface area contributed by atoms with E-state index in [4.69, 9.17) is 4.74 Å². The molecule has 1 heterocycles. The molecule has 2 aromatic carbocycles. The number of rotatable bonds is 7. The Bertz CT molecular complexity index is 969. The molecule has 28 heavy (non-hydrogen) atoms.